The van der Waals surface area contributed by atoms with Gasteiger partial charge in [0.05, 0.1) is 28.8 Å². The molecule has 0 unspecified atom stereocenters. The molecule has 1 amide bonds. The van der Waals surface area contributed by atoms with E-state index < -0.39 is 0 Å². The number of imidazole rings is 1. The second-order valence-corrected chi connectivity index (χ2v) is 8.58. The van der Waals surface area contributed by atoms with Crippen molar-refractivity contribution in [2.45, 2.75) is 25.4 Å². The van der Waals surface area contributed by atoms with Gasteiger partial charge in [0.25, 0.3) is 5.91 Å². The van der Waals surface area contributed by atoms with Crippen LogP contribution in [0.25, 0.3) is 33.5 Å². The number of ether oxygens (including phenoxy) is 1. The summed E-state index contributed by atoms with van der Waals surface area (Å²) in [6.07, 6.45) is 1.94. The average molecular weight is 415 g/mol. The summed E-state index contributed by atoms with van der Waals surface area (Å²) in [7, 11) is 2.03. The fourth-order valence-electron chi connectivity index (χ4n) is 5.01. The third-order valence-electron chi connectivity index (χ3n) is 6.56. The highest BCUT2D eigenvalue weighted by Crippen LogP contribution is 2.36. The number of fused-ring (bicyclic) bond motifs is 1. The molecule has 6 rings (SSSR count). The number of carbonyl (C=O) groups is 1. The molecule has 2 N–H and O–H groups in total. The molecule has 4 heterocycles. The summed E-state index contributed by atoms with van der Waals surface area (Å²) in [5, 5.41) is 1.15. The summed E-state index contributed by atoms with van der Waals surface area (Å²) in [5.74, 6) is 1.85. The Morgan fingerprint density at radius 3 is 2.97 bits per heavy atom. The molecule has 1 atom stereocenters. The highest BCUT2D eigenvalue weighted by molar-refractivity contribution is 5.98. The van der Waals surface area contributed by atoms with E-state index in [1.165, 1.54) is 0 Å². The van der Waals surface area contributed by atoms with Crippen LogP contribution >= 0.6 is 0 Å². The van der Waals surface area contributed by atoms with Gasteiger partial charge in [-0.1, -0.05) is 12.1 Å². The number of hydrogen-bond donors (Lipinski definition) is 1. The van der Waals surface area contributed by atoms with Crippen LogP contribution in [0, 0.1) is 0 Å². The number of nitrogens with zero attached hydrogens (tertiary/aromatic N) is 4. The number of para-hydroxylation sites is 1. The third-order valence-corrected chi connectivity index (χ3v) is 6.56. The quantitative estimate of drug-likeness (QED) is 0.546. The second kappa shape index (κ2) is 6.85. The maximum absolute atomic E-state index is 13.0. The topological polar surface area (TPSA) is 78.3 Å². The molecule has 0 aliphatic carbocycles. The number of hydrogen-bond acceptors (Lipinski definition) is 4. The molecular weight excluding hydrogens is 390 g/mol. The number of likely N-dealkylation sites (tertiary alicyclic amines) is 1. The lowest BCUT2D eigenvalue weighted by Gasteiger charge is -2.30. The second-order valence-electron chi connectivity index (χ2n) is 8.58. The van der Waals surface area contributed by atoms with Crippen LogP contribution in [0.15, 0.2) is 42.5 Å². The van der Waals surface area contributed by atoms with Crippen molar-refractivity contribution in [3.8, 4) is 17.3 Å². The van der Waals surface area contributed by atoms with Crippen LogP contribution in [-0.2, 0) is 13.6 Å². The largest absolute Gasteiger partial charge is 0.490 e. The molecule has 4 aromatic rings. The van der Waals surface area contributed by atoms with Crippen molar-refractivity contribution in [1.82, 2.24) is 19.0 Å². The monoisotopic (exact) mass is 415 g/mol. The van der Waals surface area contributed by atoms with Gasteiger partial charge in [0.2, 0.25) is 0 Å². The van der Waals surface area contributed by atoms with Crippen LogP contribution in [0.1, 0.15) is 23.2 Å². The molecule has 31 heavy (non-hydrogen) atoms. The van der Waals surface area contributed by atoms with Crippen molar-refractivity contribution in [3.63, 3.8) is 0 Å². The number of piperidine rings is 1. The minimum Gasteiger partial charge on any atom is -0.490 e. The fraction of sp³-hybridized carbons (Fsp3) is 0.333. The molecule has 1 saturated heterocycles. The SMILES string of the molecule is Cn1c(-c2cc3cccc4c3n2CCO4)nc2cc(C(=O)N3CCC[C@@H](N)C3)ccc21. The summed E-state index contributed by atoms with van der Waals surface area (Å²) >= 11 is 0. The Kier molecular flexibility index (Phi) is 4.08. The van der Waals surface area contributed by atoms with E-state index in [0.29, 0.717) is 18.7 Å². The summed E-state index contributed by atoms with van der Waals surface area (Å²) in [6.45, 7) is 2.82. The lowest BCUT2D eigenvalue weighted by atomic mass is 10.1. The molecule has 2 aliphatic heterocycles. The van der Waals surface area contributed by atoms with E-state index in [1.54, 1.807) is 0 Å². The third kappa shape index (κ3) is 2.84. The Morgan fingerprint density at radius 1 is 1.19 bits per heavy atom. The maximum Gasteiger partial charge on any atom is 0.253 e. The van der Waals surface area contributed by atoms with Gasteiger partial charge in [-0.25, -0.2) is 4.98 Å². The zero-order valence-corrected chi connectivity index (χ0v) is 17.5. The number of aromatic nitrogens is 3. The lowest BCUT2D eigenvalue weighted by molar-refractivity contribution is 0.0709. The van der Waals surface area contributed by atoms with Crippen LogP contribution in [0.2, 0.25) is 0 Å². The molecule has 2 aromatic carbocycles. The van der Waals surface area contributed by atoms with E-state index in [2.05, 4.69) is 21.3 Å². The highest BCUT2D eigenvalue weighted by Gasteiger charge is 2.24. The van der Waals surface area contributed by atoms with Crippen molar-refractivity contribution in [2.24, 2.45) is 12.8 Å². The number of carbonyl (C=O) groups excluding carboxylic acids is 1. The van der Waals surface area contributed by atoms with Crippen LogP contribution in [0.3, 0.4) is 0 Å². The molecule has 2 aromatic heterocycles. The molecule has 158 valence electrons. The summed E-state index contributed by atoms with van der Waals surface area (Å²) in [5.41, 5.74) is 10.8. The molecule has 0 spiro atoms. The highest BCUT2D eigenvalue weighted by atomic mass is 16.5. The lowest BCUT2D eigenvalue weighted by Crippen LogP contribution is -2.45. The van der Waals surface area contributed by atoms with Gasteiger partial charge in [0, 0.05) is 37.1 Å². The van der Waals surface area contributed by atoms with Gasteiger partial charge in [0.15, 0.2) is 5.82 Å². The molecule has 0 saturated carbocycles. The van der Waals surface area contributed by atoms with Crippen molar-refractivity contribution >= 4 is 27.8 Å². The van der Waals surface area contributed by atoms with E-state index in [-0.39, 0.29) is 11.9 Å². The first-order valence-corrected chi connectivity index (χ1v) is 10.9. The number of benzene rings is 2. The zero-order chi connectivity index (χ0) is 21.1. The van der Waals surface area contributed by atoms with Gasteiger partial charge in [-0.3, -0.25) is 4.79 Å². The molecular formula is C24H25N5O2. The van der Waals surface area contributed by atoms with Crippen molar-refractivity contribution < 1.29 is 9.53 Å². The Balaban J connectivity index is 1.43. The van der Waals surface area contributed by atoms with Crippen LogP contribution in [0.5, 0.6) is 5.75 Å². The first-order valence-electron chi connectivity index (χ1n) is 10.9. The Hall–Kier alpha value is -3.32. The Morgan fingerprint density at radius 2 is 2.10 bits per heavy atom. The Labute approximate surface area is 180 Å². The minimum absolute atomic E-state index is 0.0366. The van der Waals surface area contributed by atoms with Crippen LogP contribution < -0.4 is 10.5 Å². The van der Waals surface area contributed by atoms with Crippen LogP contribution in [0.4, 0.5) is 0 Å². The van der Waals surface area contributed by atoms with Crippen molar-refractivity contribution in [1.29, 1.82) is 0 Å². The predicted octanol–water partition coefficient (Wildman–Crippen LogP) is 3.15. The van der Waals surface area contributed by atoms with E-state index in [1.807, 2.05) is 42.3 Å². The normalized spacial score (nSPS) is 18.5. The van der Waals surface area contributed by atoms with Gasteiger partial charge < -0.3 is 24.5 Å². The van der Waals surface area contributed by atoms with E-state index >= 15 is 0 Å². The summed E-state index contributed by atoms with van der Waals surface area (Å²) in [4.78, 5) is 19.8. The zero-order valence-electron chi connectivity index (χ0n) is 17.5. The number of aryl methyl sites for hydroxylation is 1. The van der Waals surface area contributed by atoms with Gasteiger partial charge in [0.1, 0.15) is 12.4 Å². The van der Waals surface area contributed by atoms with E-state index in [9.17, 15) is 4.79 Å². The molecule has 1 fully saturated rings. The van der Waals surface area contributed by atoms with Crippen LogP contribution in [-0.4, -0.2) is 50.7 Å². The standard InChI is InChI=1S/C24H25N5O2/c1-27-19-8-7-16(24(30)28-9-3-5-17(25)14-28)12-18(19)26-23(27)20-13-15-4-2-6-21-22(15)29(20)10-11-31-21/h2,4,6-8,12-13,17H,3,5,9-11,14,25H2,1H3/t17-/m1/s1. The minimum atomic E-state index is 0.0366. The first kappa shape index (κ1) is 18.4. The van der Waals surface area contributed by atoms with E-state index in [4.69, 9.17) is 15.5 Å². The summed E-state index contributed by atoms with van der Waals surface area (Å²) in [6, 6.07) is 14.2. The van der Waals surface area contributed by atoms with Gasteiger partial charge in [-0.15, -0.1) is 0 Å². The fourth-order valence-corrected chi connectivity index (χ4v) is 5.01. The molecule has 0 radical (unpaired) electrons. The van der Waals surface area contributed by atoms with E-state index in [0.717, 1.165) is 65.1 Å². The number of nitrogens with two attached hydrogens (primary N) is 1. The molecule has 2 aliphatic rings. The first-order chi connectivity index (χ1) is 15.1. The van der Waals surface area contributed by atoms with Crippen molar-refractivity contribution in [3.05, 3.63) is 48.0 Å². The number of rotatable bonds is 2. The molecule has 7 heteroatoms. The number of amides is 1. The molecule has 7 nitrogen and oxygen atoms in total. The smallest absolute Gasteiger partial charge is 0.253 e. The van der Waals surface area contributed by atoms with Gasteiger partial charge in [-0.2, -0.15) is 0 Å². The Bertz CT molecular complexity index is 1330. The molecule has 0 bridgehead atoms. The maximum atomic E-state index is 13.0. The predicted molar refractivity (Wildman–Crippen MR) is 120 cm³/mol. The van der Waals surface area contributed by atoms with Gasteiger partial charge in [-0.05, 0) is 43.2 Å². The average Bonchev–Trinajstić information content (AvgIpc) is 3.32. The van der Waals surface area contributed by atoms with Gasteiger partial charge >= 0.3 is 0 Å². The summed E-state index contributed by atoms with van der Waals surface area (Å²) < 4.78 is 10.2. The van der Waals surface area contributed by atoms with Crippen molar-refractivity contribution in [2.75, 3.05) is 19.7 Å².